The topological polar surface area (TPSA) is 67.2 Å². The molecule has 1 unspecified atom stereocenters. The molecule has 1 N–H and O–H groups in total. The van der Waals surface area contributed by atoms with Crippen LogP contribution in [0.2, 0.25) is 0 Å². The highest BCUT2D eigenvalue weighted by atomic mass is 32.2. The second kappa shape index (κ2) is 11.5. The van der Waals surface area contributed by atoms with E-state index in [-0.39, 0.29) is 41.1 Å². The molecule has 3 aromatic carbocycles. The number of benzene rings is 3. The SMILES string of the molecule is Cc1ccccc1C1SCC(=O)N(CC(=O)NCC(C)C)c2c1c(-c1ccccc1)nn2-c1ccc(F)cc1. The average Bonchev–Trinajstić information content (AvgIpc) is 3.26. The van der Waals surface area contributed by atoms with E-state index >= 15 is 0 Å². The van der Waals surface area contributed by atoms with Crippen LogP contribution < -0.4 is 10.2 Å². The summed E-state index contributed by atoms with van der Waals surface area (Å²) >= 11 is 1.53. The molecule has 0 spiro atoms. The van der Waals surface area contributed by atoms with Gasteiger partial charge < -0.3 is 5.32 Å². The number of hydrogen-bond donors (Lipinski definition) is 1. The van der Waals surface area contributed by atoms with Gasteiger partial charge in [0.1, 0.15) is 18.2 Å². The van der Waals surface area contributed by atoms with E-state index in [1.54, 1.807) is 21.7 Å². The lowest BCUT2D eigenvalue weighted by atomic mass is 9.97. The molecular weight excluding hydrogens is 511 g/mol. The quantitative estimate of drug-likeness (QED) is 0.314. The average molecular weight is 543 g/mol. The molecule has 1 aliphatic heterocycles. The summed E-state index contributed by atoms with van der Waals surface area (Å²) in [7, 11) is 0. The van der Waals surface area contributed by atoms with Gasteiger partial charge in [0.25, 0.3) is 0 Å². The fraction of sp³-hybridized carbons (Fsp3) is 0.258. The highest BCUT2D eigenvalue weighted by molar-refractivity contribution is 8.00. The zero-order valence-electron chi connectivity index (χ0n) is 22.2. The Morgan fingerprint density at radius 2 is 1.74 bits per heavy atom. The van der Waals surface area contributed by atoms with Crippen molar-refractivity contribution in [2.75, 3.05) is 23.7 Å². The third-order valence-electron chi connectivity index (χ3n) is 6.69. The summed E-state index contributed by atoms with van der Waals surface area (Å²) in [5, 5.41) is 7.76. The van der Waals surface area contributed by atoms with Gasteiger partial charge in [0.05, 0.1) is 22.4 Å². The lowest BCUT2D eigenvalue weighted by Crippen LogP contribution is -2.43. The molecule has 2 amide bonds. The van der Waals surface area contributed by atoms with Gasteiger partial charge in [0.15, 0.2) is 0 Å². The van der Waals surface area contributed by atoms with Crippen LogP contribution in [0.15, 0.2) is 78.9 Å². The number of aryl methyl sites for hydroxylation is 1. The summed E-state index contributed by atoms with van der Waals surface area (Å²) in [4.78, 5) is 28.3. The van der Waals surface area contributed by atoms with E-state index in [0.29, 0.717) is 18.1 Å². The fourth-order valence-corrected chi connectivity index (χ4v) is 6.03. The number of amides is 2. The fourth-order valence-electron chi connectivity index (χ4n) is 4.73. The second-order valence-electron chi connectivity index (χ2n) is 10.1. The first kappa shape index (κ1) is 26.7. The molecule has 6 nitrogen and oxygen atoms in total. The van der Waals surface area contributed by atoms with E-state index in [9.17, 15) is 14.0 Å². The van der Waals surface area contributed by atoms with Gasteiger partial charge in [0.2, 0.25) is 11.8 Å². The summed E-state index contributed by atoms with van der Waals surface area (Å²) < 4.78 is 15.6. The molecule has 0 saturated carbocycles. The number of carbonyl (C=O) groups excluding carboxylic acids is 2. The third-order valence-corrected chi connectivity index (χ3v) is 7.92. The van der Waals surface area contributed by atoms with Gasteiger partial charge in [-0.2, -0.15) is 5.10 Å². The molecule has 39 heavy (non-hydrogen) atoms. The van der Waals surface area contributed by atoms with Crippen LogP contribution in [0.5, 0.6) is 0 Å². The lowest BCUT2D eigenvalue weighted by Gasteiger charge is -2.23. The molecule has 1 aromatic heterocycles. The summed E-state index contributed by atoms with van der Waals surface area (Å²) in [6.07, 6.45) is 0. The Balaban J connectivity index is 1.77. The van der Waals surface area contributed by atoms with Crippen LogP contribution in [-0.4, -0.2) is 40.4 Å². The van der Waals surface area contributed by atoms with Gasteiger partial charge in [-0.15, -0.1) is 11.8 Å². The molecule has 200 valence electrons. The maximum absolute atomic E-state index is 13.9. The predicted octanol–water partition coefficient (Wildman–Crippen LogP) is 5.93. The van der Waals surface area contributed by atoms with Crippen LogP contribution in [0.3, 0.4) is 0 Å². The number of rotatable bonds is 7. The number of halogens is 1. The number of anilines is 1. The first-order valence-electron chi connectivity index (χ1n) is 13.0. The standard InChI is InChI=1S/C31H31FN4O2S/c1-20(2)17-33-26(37)18-35-27(38)19-39-30(25-12-8-7-9-21(25)3)28-29(22-10-5-4-6-11-22)34-36(31(28)35)24-15-13-23(32)14-16-24/h4-16,20,30H,17-19H2,1-3H3,(H,33,37). The van der Waals surface area contributed by atoms with Crippen LogP contribution >= 0.6 is 11.8 Å². The normalized spacial score (nSPS) is 15.3. The van der Waals surface area contributed by atoms with Crippen molar-refractivity contribution in [2.24, 2.45) is 5.92 Å². The number of nitrogens with zero attached hydrogens (tertiary/aromatic N) is 3. The Kier molecular flexibility index (Phi) is 7.84. The highest BCUT2D eigenvalue weighted by Crippen LogP contribution is 2.49. The summed E-state index contributed by atoms with van der Waals surface area (Å²) in [5.74, 6) is 0.219. The summed E-state index contributed by atoms with van der Waals surface area (Å²) in [6, 6.07) is 24.0. The van der Waals surface area contributed by atoms with Gasteiger partial charge in [-0.05, 0) is 48.2 Å². The first-order valence-corrected chi connectivity index (χ1v) is 14.1. The van der Waals surface area contributed by atoms with Gasteiger partial charge in [-0.1, -0.05) is 68.4 Å². The van der Waals surface area contributed by atoms with Gasteiger partial charge in [0, 0.05) is 17.7 Å². The second-order valence-corrected chi connectivity index (χ2v) is 11.2. The van der Waals surface area contributed by atoms with Crippen molar-refractivity contribution in [3.05, 3.63) is 101 Å². The molecule has 0 radical (unpaired) electrons. The minimum atomic E-state index is -0.366. The van der Waals surface area contributed by atoms with Gasteiger partial charge >= 0.3 is 0 Å². The maximum atomic E-state index is 13.9. The van der Waals surface area contributed by atoms with Crippen LogP contribution in [0.25, 0.3) is 16.9 Å². The Bertz CT molecular complexity index is 1480. The molecule has 1 atom stereocenters. The number of aromatic nitrogens is 2. The molecule has 0 bridgehead atoms. The zero-order valence-corrected chi connectivity index (χ0v) is 23.0. The largest absolute Gasteiger partial charge is 0.354 e. The van der Waals surface area contributed by atoms with E-state index < -0.39 is 0 Å². The molecular formula is C31H31FN4O2S. The Hall–Kier alpha value is -3.91. The van der Waals surface area contributed by atoms with Crippen molar-refractivity contribution in [1.29, 1.82) is 0 Å². The van der Waals surface area contributed by atoms with E-state index in [4.69, 9.17) is 5.10 Å². The molecule has 2 heterocycles. The van der Waals surface area contributed by atoms with Crippen LogP contribution in [0, 0.1) is 18.7 Å². The van der Waals surface area contributed by atoms with Crippen molar-refractivity contribution in [3.8, 4) is 16.9 Å². The molecule has 5 rings (SSSR count). The minimum absolute atomic E-state index is 0.138. The Morgan fingerprint density at radius 1 is 1.05 bits per heavy atom. The van der Waals surface area contributed by atoms with E-state index in [1.807, 2.05) is 56.3 Å². The molecule has 8 heteroatoms. The molecule has 4 aromatic rings. The molecule has 1 aliphatic rings. The van der Waals surface area contributed by atoms with Gasteiger partial charge in [-0.3, -0.25) is 14.5 Å². The summed E-state index contributed by atoms with van der Waals surface area (Å²) in [5.41, 5.74) is 5.26. The van der Waals surface area contributed by atoms with Crippen molar-refractivity contribution in [2.45, 2.75) is 26.0 Å². The Morgan fingerprint density at radius 3 is 2.44 bits per heavy atom. The van der Waals surface area contributed by atoms with Crippen LogP contribution in [0.1, 0.15) is 35.8 Å². The van der Waals surface area contributed by atoms with E-state index in [1.165, 1.54) is 23.9 Å². The summed E-state index contributed by atoms with van der Waals surface area (Å²) in [6.45, 7) is 6.48. The smallest absolute Gasteiger partial charge is 0.240 e. The monoisotopic (exact) mass is 542 g/mol. The number of nitrogens with one attached hydrogen (secondary N) is 1. The van der Waals surface area contributed by atoms with Crippen molar-refractivity contribution in [1.82, 2.24) is 15.1 Å². The minimum Gasteiger partial charge on any atom is -0.354 e. The molecule has 0 saturated heterocycles. The van der Waals surface area contributed by atoms with Crippen molar-refractivity contribution >= 4 is 29.4 Å². The zero-order chi connectivity index (χ0) is 27.5. The number of thioether (sulfide) groups is 1. The van der Waals surface area contributed by atoms with Crippen molar-refractivity contribution < 1.29 is 14.0 Å². The van der Waals surface area contributed by atoms with E-state index in [2.05, 4.69) is 24.4 Å². The maximum Gasteiger partial charge on any atom is 0.240 e. The number of hydrogen-bond acceptors (Lipinski definition) is 4. The number of fused-ring (bicyclic) bond motifs is 1. The predicted molar refractivity (Wildman–Crippen MR) is 155 cm³/mol. The molecule has 0 aliphatic carbocycles. The number of carbonyl (C=O) groups is 2. The lowest BCUT2D eigenvalue weighted by molar-refractivity contribution is -0.123. The third kappa shape index (κ3) is 5.61. The Labute approximate surface area is 232 Å². The van der Waals surface area contributed by atoms with Crippen LogP contribution in [-0.2, 0) is 9.59 Å². The van der Waals surface area contributed by atoms with Gasteiger partial charge in [-0.25, -0.2) is 9.07 Å². The van der Waals surface area contributed by atoms with E-state index in [0.717, 1.165) is 27.9 Å². The van der Waals surface area contributed by atoms with Crippen LogP contribution in [0.4, 0.5) is 10.2 Å². The first-order chi connectivity index (χ1) is 18.8. The highest BCUT2D eigenvalue weighted by Gasteiger charge is 2.38. The van der Waals surface area contributed by atoms with Crippen molar-refractivity contribution in [3.63, 3.8) is 0 Å². The molecule has 0 fully saturated rings.